The van der Waals surface area contributed by atoms with Crippen LogP contribution in [-0.4, -0.2) is 13.6 Å². The van der Waals surface area contributed by atoms with Crippen molar-refractivity contribution in [2.45, 2.75) is 26.8 Å². The number of hydrogen-bond acceptors (Lipinski definition) is 2. The van der Waals surface area contributed by atoms with Gasteiger partial charge in [0.2, 0.25) is 0 Å². The second-order valence-corrected chi connectivity index (χ2v) is 5.62. The fourth-order valence-electron chi connectivity index (χ4n) is 2.73. The van der Waals surface area contributed by atoms with Gasteiger partial charge in [-0.25, -0.2) is 0 Å². The average molecular weight is 268 g/mol. The third-order valence-corrected chi connectivity index (χ3v) is 3.73. The molecule has 0 radical (unpaired) electrons. The van der Waals surface area contributed by atoms with Gasteiger partial charge in [-0.3, -0.25) is 0 Å². The molecule has 0 aliphatic heterocycles. The van der Waals surface area contributed by atoms with Gasteiger partial charge in [-0.1, -0.05) is 35.9 Å². The summed E-state index contributed by atoms with van der Waals surface area (Å²) >= 11 is 0. The van der Waals surface area contributed by atoms with E-state index < -0.39 is 0 Å². The molecule has 2 heteroatoms. The van der Waals surface area contributed by atoms with Gasteiger partial charge in [-0.05, 0) is 49.6 Å². The highest BCUT2D eigenvalue weighted by atomic mass is 15.1. The lowest BCUT2D eigenvalue weighted by Crippen LogP contribution is -2.30. The normalized spacial score (nSPS) is 12.2. The third-order valence-electron chi connectivity index (χ3n) is 3.73. The Labute approximate surface area is 122 Å². The van der Waals surface area contributed by atoms with Crippen molar-refractivity contribution in [3.8, 4) is 0 Å². The lowest BCUT2D eigenvalue weighted by atomic mass is 10.0. The summed E-state index contributed by atoms with van der Waals surface area (Å²) in [6, 6.07) is 15.4. The number of nitrogens with zero attached hydrogens (tertiary/aromatic N) is 1. The van der Waals surface area contributed by atoms with Crippen LogP contribution >= 0.6 is 0 Å². The maximum absolute atomic E-state index is 6.03. The average Bonchev–Trinajstić information content (AvgIpc) is 2.38. The van der Waals surface area contributed by atoms with Crippen LogP contribution in [0.25, 0.3) is 0 Å². The van der Waals surface area contributed by atoms with E-state index in [0.717, 1.165) is 0 Å². The molecule has 0 aliphatic rings. The Morgan fingerprint density at radius 2 is 1.60 bits per heavy atom. The summed E-state index contributed by atoms with van der Waals surface area (Å²) in [6.07, 6.45) is 0. The molecule has 2 aromatic rings. The number of benzene rings is 2. The van der Waals surface area contributed by atoms with E-state index in [1.165, 1.54) is 27.9 Å². The first-order valence-electron chi connectivity index (χ1n) is 7.09. The van der Waals surface area contributed by atoms with Crippen molar-refractivity contribution in [3.63, 3.8) is 0 Å². The van der Waals surface area contributed by atoms with Crippen LogP contribution in [0.4, 0.5) is 5.69 Å². The molecule has 0 aliphatic carbocycles. The van der Waals surface area contributed by atoms with Gasteiger partial charge in [0.25, 0.3) is 0 Å². The summed E-state index contributed by atoms with van der Waals surface area (Å²) in [5.41, 5.74) is 12.4. The van der Waals surface area contributed by atoms with E-state index >= 15 is 0 Å². The summed E-state index contributed by atoms with van der Waals surface area (Å²) in [5, 5.41) is 0. The lowest BCUT2D eigenvalue weighted by Gasteiger charge is -2.30. The Morgan fingerprint density at radius 1 is 0.950 bits per heavy atom. The minimum absolute atomic E-state index is 0.205. The summed E-state index contributed by atoms with van der Waals surface area (Å²) in [6.45, 7) is 6.99. The first-order chi connectivity index (χ1) is 9.51. The van der Waals surface area contributed by atoms with Gasteiger partial charge in [0.1, 0.15) is 0 Å². The zero-order valence-electron chi connectivity index (χ0n) is 12.9. The second-order valence-electron chi connectivity index (χ2n) is 5.62. The molecule has 2 rings (SSSR count). The van der Waals surface area contributed by atoms with Crippen LogP contribution < -0.4 is 10.6 Å². The second kappa shape index (κ2) is 6.10. The highest BCUT2D eigenvalue weighted by Crippen LogP contribution is 2.27. The van der Waals surface area contributed by atoms with Crippen LogP contribution in [0.15, 0.2) is 42.5 Å². The molecule has 1 unspecified atom stereocenters. The highest BCUT2D eigenvalue weighted by molar-refractivity contribution is 5.52. The number of rotatable bonds is 4. The minimum atomic E-state index is 0.205. The van der Waals surface area contributed by atoms with Crippen LogP contribution in [0.1, 0.15) is 28.3 Å². The Balaban J connectivity index is 2.35. The maximum Gasteiger partial charge on any atom is 0.0661 e. The van der Waals surface area contributed by atoms with Crippen molar-refractivity contribution in [3.05, 3.63) is 64.7 Å². The number of nitrogens with two attached hydrogens (primary N) is 1. The van der Waals surface area contributed by atoms with Gasteiger partial charge < -0.3 is 10.6 Å². The van der Waals surface area contributed by atoms with Crippen molar-refractivity contribution >= 4 is 5.69 Å². The van der Waals surface area contributed by atoms with Crippen molar-refractivity contribution in [1.82, 2.24) is 0 Å². The number of likely N-dealkylation sites (N-methyl/N-ethyl adjacent to an activating group) is 1. The Morgan fingerprint density at radius 3 is 2.15 bits per heavy atom. The van der Waals surface area contributed by atoms with Crippen LogP contribution in [0.5, 0.6) is 0 Å². The topological polar surface area (TPSA) is 29.3 Å². The highest BCUT2D eigenvalue weighted by Gasteiger charge is 2.16. The van der Waals surface area contributed by atoms with Crippen molar-refractivity contribution in [1.29, 1.82) is 0 Å². The maximum atomic E-state index is 6.03. The first-order valence-corrected chi connectivity index (χ1v) is 7.09. The van der Waals surface area contributed by atoms with Gasteiger partial charge in [-0.15, -0.1) is 0 Å². The molecule has 0 aromatic heterocycles. The monoisotopic (exact) mass is 268 g/mol. The number of aryl methyl sites for hydroxylation is 3. The van der Waals surface area contributed by atoms with E-state index in [-0.39, 0.29) is 6.04 Å². The third kappa shape index (κ3) is 3.20. The van der Waals surface area contributed by atoms with Gasteiger partial charge in [0, 0.05) is 19.3 Å². The van der Waals surface area contributed by atoms with Crippen molar-refractivity contribution in [2.24, 2.45) is 5.73 Å². The smallest absolute Gasteiger partial charge is 0.0661 e. The predicted molar refractivity (Wildman–Crippen MR) is 87.3 cm³/mol. The van der Waals surface area contributed by atoms with Gasteiger partial charge in [0.05, 0.1) is 6.04 Å². The molecule has 0 heterocycles. The van der Waals surface area contributed by atoms with Gasteiger partial charge in [0.15, 0.2) is 0 Å². The molecular formula is C18H24N2. The van der Waals surface area contributed by atoms with Gasteiger partial charge in [-0.2, -0.15) is 0 Å². The Kier molecular flexibility index (Phi) is 4.46. The minimum Gasteiger partial charge on any atom is -0.366 e. The zero-order chi connectivity index (χ0) is 14.7. The van der Waals surface area contributed by atoms with E-state index in [2.05, 4.69) is 75.2 Å². The van der Waals surface area contributed by atoms with Crippen molar-refractivity contribution < 1.29 is 0 Å². The largest absolute Gasteiger partial charge is 0.366 e. The standard InChI is InChI=1S/C18H24N2/c1-13-6-5-7-16(9-13)18(12-19)20(4)17-10-14(2)8-15(3)11-17/h5-11,18H,12,19H2,1-4H3. The number of anilines is 1. The molecule has 0 saturated carbocycles. The SMILES string of the molecule is Cc1cccc(C(CN)N(C)c2cc(C)cc(C)c2)c1. The van der Waals surface area contributed by atoms with Crippen LogP contribution in [0.2, 0.25) is 0 Å². The molecular weight excluding hydrogens is 244 g/mol. The fraction of sp³-hybridized carbons (Fsp3) is 0.333. The van der Waals surface area contributed by atoms with Crippen LogP contribution in [0, 0.1) is 20.8 Å². The molecule has 2 N–H and O–H groups in total. The fourth-order valence-corrected chi connectivity index (χ4v) is 2.73. The number of hydrogen-bond donors (Lipinski definition) is 1. The predicted octanol–water partition coefficient (Wildman–Crippen LogP) is 3.75. The summed E-state index contributed by atoms with van der Waals surface area (Å²) in [5.74, 6) is 0. The first kappa shape index (κ1) is 14.6. The lowest BCUT2D eigenvalue weighted by molar-refractivity contribution is 0.680. The van der Waals surface area contributed by atoms with Crippen molar-refractivity contribution in [2.75, 3.05) is 18.5 Å². The van der Waals surface area contributed by atoms with Crippen LogP contribution in [-0.2, 0) is 0 Å². The molecule has 0 bridgehead atoms. The molecule has 0 amide bonds. The van der Waals surface area contributed by atoms with E-state index in [1.54, 1.807) is 0 Å². The van der Waals surface area contributed by atoms with E-state index in [4.69, 9.17) is 5.73 Å². The quantitative estimate of drug-likeness (QED) is 0.915. The van der Waals surface area contributed by atoms with Gasteiger partial charge >= 0.3 is 0 Å². The summed E-state index contributed by atoms with van der Waals surface area (Å²) in [7, 11) is 2.12. The van der Waals surface area contributed by atoms with E-state index in [0.29, 0.717) is 6.54 Å². The Bertz CT molecular complexity index is 569. The van der Waals surface area contributed by atoms with E-state index in [1.807, 2.05) is 0 Å². The molecule has 1 atom stereocenters. The molecule has 106 valence electrons. The molecule has 2 aromatic carbocycles. The zero-order valence-corrected chi connectivity index (χ0v) is 12.9. The summed E-state index contributed by atoms with van der Waals surface area (Å²) < 4.78 is 0. The molecule has 0 saturated heterocycles. The van der Waals surface area contributed by atoms with Crippen LogP contribution in [0.3, 0.4) is 0 Å². The molecule has 0 spiro atoms. The molecule has 20 heavy (non-hydrogen) atoms. The van der Waals surface area contributed by atoms with E-state index in [9.17, 15) is 0 Å². The molecule has 0 fully saturated rings. The Hall–Kier alpha value is -1.80. The molecule has 2 nitrogen and oxygen atoms in total. The summed E-state index contributed by atoms with van der Waals surface area (Å²) in [4.78, 5) is 2.27.